The first kappa shape index (κ1) is 22.0. The summed E-state index contributed by atoms with van der Waals surface area (Å²) >= 11 is 0. The molecule has 1 aliphatic carbocycles. The largest absolute Gasteiger partial charge is 0.465 e. The Kier molecular flexibility index (Phi) is 5.80. The Morgan fingerprint density at radius 2 is 1.42 bits per heavy atom. The fourth-order valence-corrected chi connectivity index (χ4v) is 4.35. The summed E-state index contributed by atoms with van der Waals surface area (Å²) in [7, 11) is -2.63. The number of hydrogen-bond donors (Lipinski definition) is 2. The number of rotatable bonds is 6. The summed E-state index contributed by atoms with van der Waals surface area (Å²) in [6.45, 7) is 0. The van der Waals surface area contributed by atoms with E-state index in [-0.39, 0.29) is 27.8 Å². The van der Waals surface area contributed by atoms with Crippen molar-refractivity contribution in [3.63, 3.8) is 0 Å². The van der Waals surface area contributed by atoms with Gasteiger partial charge in [-0.05, 0) is 48.5 Å². The Balaban J connectivity index is 1.48. The van der Waals surface area contributed by atoms with E-state index in [0.29, 0.717) is 22.4 Å². The molecule has 0 bridgehead atoms. The van der Waals surface area contributed by atoms with E-state index in [9.17, 15) is 22.8 Å². The number of esters is 1. The zero-order valence-electron chi connectivity index (χ0n) is 17.4. The van der Waals surface area contributed by atoms with E-state index in [1.807, 2.05) is 0 Å². The zero-order chi connectivity index (χ0) is 23.6. The third-order valence-electron chi connectivity index (χ3n) is 4.96. The second kappa shape index (κ2) is 8.71. The molecule has 0 aromatic heterocycles. The number of fused-ring (bicyclic) bond motifs is 1. The molecule has 9 heteroatoms. The molecular weight excluding hydrogens is 444 g/mol. The van der Waals surface area contributed by atoms with E-state index in [0.717, 1.165) is 0 Å². The van der Waals surface area contributed by atoms with Gasteiger partial charge in [0.05, 0.1) is 23.3 Å². The predicted octanol–water partition coefficient (Wildman–Crippen LogP) is 3.65. The van der Waals surface area contributed by atoms with E-state index in [4.69, 9.17) is 0 Å². The van der Waals surface area contributed by atoms with Crippen LogP contribution in [-0.2, 0) is 14.8 Å². The highest BCUT2D eigenvalue weighted by molar-refractivity contribution is 7.92. The van der Waals surface area contributed by atoms with Crippen molar-refractivity contribution in [2.24, 2.45) is 0 Å². The van der Waals surface area contributed by atoms with Gasteiger partial charge in [-0.1, -0.05) is 24.3 Å². The van der Waals surface area contributed by atoms with Crippen molar-refractivity contribution in [1.82, 2.24) is 0 Å². The highest BCUT2D eigenvalue weighted by Crippen LogP contribution is 2.24. The molecule has 0 aliphatic heterocycles. The van der Waals surface area contributed by atoms with Gasteiger partial charge in [-0.3, -0.25) is 14.3 Å². The van der Waals surface area contributed by atoms with E-state index in [1.165, 1.54) is 61.7 Å². The number of carbonyl (C=O) groups excluding carboxylic acids is 3. The van der Waals surface area contributed by atoms with Crippen LogP contribution in [0.2, 0.25) is 0 Å². The fraction of sp³-hybridized carbons (Fsp3) is 0.0417. The lowest BCUT2D eigenvalue weighted by atomic mass is 9.92. The first-order valence-corrected chi connectivity index (χ1v) is 11.2. The van der Waals surface area contributed by atoms with Gasteiger partial charge in [-0.2, -0.15) is 0 Å². The predicted molar refractivity (Wildman–Crippen MR) is 122 cm³/mol. The van der Waals surface area contributed by atoms with Crippen molar-refractivity contribution in [2.45, 2.75) is 4.90 Å². The topological polar surface area (TPSA) is 119 Å². The van der Waals surface area contributed by atoms with Crippen LogP contribution in [0.25, 0.3) is 0 Å². The van der Waals surface area contributed by atoms with E-state index in [2.05, 4.69) is 14.8 Å². The molecule has 0 spiro atoms. The summed E-state index contributed by atoms with van der Waals surface area (Å²) < 4.78 is 32.4. The number of sulfonamides is 1. The fourth-order valence-electron chi connectivity index (χ4n) is 3.29. The highest BCUT2D eigenvalue weighted by atomic mass is 32.2. The van der Waals surface area contributed by atoms with Crippen LogP contribution < -0.4 is 10.0 Å². The SMILES string of the molecule is COC(=O)c1ccc(NS(=O)(=O)c2ccc(NC3=CC(=O)c4ccccc4C3=O)cc2)cc1. The van der Waals surface area contributed by atoms with Crippen LogP contribution >= 0.6 is 0 Å². The quantitative estimate of drug-likeness (QED) is 0.537. The summed E-state index contributed by atoms with van der Waals surface area (Å²) in [6, 6.07) is 18.1. The lowest BCUT2D eigenvalue weighted by molar-refractivity contribution is 0.0600. The summed E-state index contributed by atoms with van der Waals surface area (Å²) in [6.07, 6.45) is 1.23. The van der Waals surface area contributed by atoms with Crippen molar-refractivity contribution in [3.8, 4) is 0 Å². The van der Waals surface area contributed by atoms with E-state index >= 15 is 0 Å². The molecule has 3 aromatic rings. The zero-order valence-corrected chi connectivity index (χ0v) is 18.2. The van der Waals surface area contributed by atoms with Crippen LogP contribution in [0.4, 0.5) is 11.4 Å². The number of ketones is 2. The number of methoxy groups -OCH3 is 1. The van der Waals surface area contributed by atoms with Gasteiger partial charge in [0.1, 0.15) is 0 Å². The average Bonchev–Trinajstić information content (AvgIpc) is 2.82. The van der Waals surface area contributed by atoms with Crippen LogP contribution in [-0.4, -0.2) is 33.1 Å². The molecule has 0 heterocycles. The number of nitrogens with one attached hydrogen (secondary N) is 2. The molecule has 3 aromatic carbocycles. The third kappa shape index (κ3) is 4.53. The number of anilines is 2. The smallest absolute Gasteiger partial charge is 0.337 e. The number of carbonyl (C=O) groups is 3. The lowest BCUT2D eigenvalue weighted by Gasteiger charge is -2.16. The molecule has 166 valence electrons. The summed E-state index contributed by atoms with van der Waals surface area (Å²) in [5.74, 6) is -1.13. The molecule has 2 N–H and O–H groups in total. The van der Waals surface area contributed by atoms with Crippen LogP contribution in [0.15, 0.2) is 89.5 Å². The summed E-state index contributed by atoms with van der Waals surface area (Å²) in [4.78, 5) is 36.4. The number of hydrogen-bond acceptors (Lipinski definition) is 7. The average molecular weight is 462 g/mol. The molecule has 33 heavy (non-hydrogen) atoms. The first-order chi connectivity index (χ1) is 15.8. The Morgan fingerprint density at radius 3 is 2.06 bits per heavy atom. The number of Topliss-reactive ketones (excluding diaryl/α,β-unsaturated/α-hetero) is 1. The second-order valence-corrected chi connectivity index (χ2v) is 8.80. The van der Waals surface area contributed by atoms with Gasteiger partial charge < -0.3 is 10.1 Å². The van der Waals surface area contributed by atoms with Crippen molar-refractivity contribution < 1.29 is 27.5 Å². The Morgan fingerprint density at radius 1 is 0.818 bits per heavy atom. The summed E-state index contributed by atoms with van der Waals surface area (Å²) in [5.41, 5.74) is 1.79. The highest BCUT2D eigenvalue weighted by Gasteiger charge is 2.25. The molecule has 1 aliphatic rings. The van der Waals surface area contributed by atoms with Crippen molar-refractivity contribution in [2.75, 3.05) is 17.1 Å². The van der Waals surface area contributed by atoms with Crippen molar-refractivity contribution >= 4 is 38.9 Å². The van der Waals surface area contributed by atoms with Crippen LogP contribution in [0.5, 0.6) is 0 Å². The van der Waals surface area contributed by atoms with Gasteiger partial charge in [-0.15, -0.1) is 0 Å². The number of allylic oxidation sites excluding steroid dienone is 2. The number of ether oxygens (including phenoxy) is 1. The van der Waals surface area contributed by atoms with Gasteiger partial charge in [0.2, 0.25) is 5.78 Å². The monoisotopic (exact) mass is 462 g/mol. The molecule has 0 unspecified atom stereocenters. The maximum absolute atomic E-state index is 12.7. The maximum Gasteiger partial charge on any atom is 0.337 e. The van der Waals surface area contributed by atoms with E-state index in [1.54, 1.807) is 24.3 Å². The van der Waals surface area contributed by atoms with Crippen LogP contribution in [0.1, 0.15) is 31.1 Å². The molecule has 0 saturated carbocycles. The molecule has 4 rings (SSSR count). The molecular formula is C24H18N2O6S. The van der Waals surface area contributed by atoms with Gasteiger partial charge in [0.15, 0.2) is 5.78 Å². The minimum atomic E-state index is -3.89. The normalized spacial score (nSPS) is 13.1. The summed E-state index contributed by atoms with van der Waals surface area (Å²) in [5, 5.41) is 2.88. The maximum atomic E-state index is 12.7. The molecule has 0 radical (unpaired) electrons. The molecule has 0 amide bonds. The van der Waals surface area contributed by atoms with E-state index < -0.39 is 16.0 Å². The molecule has 0 fully saturated rings. The van der Waals surface area contributed by atoms with Crippen molar-refractivity contribution in [1.29, 1.82) is 0 Å². The van der Waals surface area contributed by atoms with Gasteiger partial charge in [0.25, 0.3) is 10.0 Å². The minimum absolute atomic E-state index is 0.00420. The number of benzene rings is 3. The standard InChI is InChI=1S/C24H18N2O6S/c1-32-24(29)15-6-8-17(9-7-15)26-33(30,31)18-12-10-16(11-13-18)25-21-14-22(27)19-4-2-3-5-20(19)23(21)28/h2-14,25-26H,1H3. The Labute approximate surface area is 189 Å². The second-order valence-electron chi connectivity index (χ2n) is 7.12. The van der Waals surface area contributed by atoms with Crippen molar-refractivity contribution in [3.05, 3.63) is 101 Å². The first-order valence-electron chi connectivity index (χ1n) is 9.76. The molecule has 8 nitrogen and oxygen atoms in total. The lowest BCUT2D eigenvalue weighted by Crippen LogP contribution is -2.21. The Bertz CT molecular complexity index is 1390. The Hall–Kier alpha value is -4.24. The third-order valence-corrected chi connectivity index (χ3v) is 6.36. The van der Waals surface area contributed by atoms with Gasteiger partial charge >= 0.3 is 5.97 Å². The van der Waals surface area contributed by atoms with Gasteiger partial charge in [-0.25, -0.2) is 13.2 Å². The van der Waals surface area contributed by atoms with Gasteiger partial charge in [0, 0.05) is 28.6 Å². The minimum Gasteiger partial charge on any atom is -0.465 e. The molecule has 0 atom stereocenters. The molecule has 0 saturated heterocycles. The van der Waals surface area contributed by atoms with Crippen LogP contribution in [0.3, 0.4) is 0 Å². The van der Waals surface area contributed by atoms with Crippen LogP contribution in [0, 0.1) is 0 Å².